The molecule has 4 nitrogen and oxygen atoms in total. The number of nitrogens with zero attached hydrogens (tertiary/aromatic N) is 1. The second kappa shape index (κ2) is 10.0. The van der Waals surface area contributed by atoms with Crippen molar-refractivity contribution in [2.75, 3.05) is 19.6 Å². The summed E-state index contributed by atoms with van der Waals surface area (Å²) in [6.07, 6.45) is 1.00. The third-order valence-electron chi connectivity index (χ3n) is 3.65. The topological polar surface area (TPSA) is 72.3 Å². The zero-order chi connectivity index (χ0) is 15.8. The molecule has 0 aliphatic heterocycles. The third kappa shape index (κ3) is 6.40. The standard InChI is InChI=1S/C18H23N3O.ClH/c19-11-13-21(12-10-15-4-2-1-3-5-15)14-16-6-8-17(9-7-16)18(20)22;/h1-9H,10-14,19H2,(H2,20,22);1H. The maximum Gasteiger partial charge on any atom is 0.248 e. The monoisotopic (exact) mass is 333 g/mol. The molecule has 0 saturated heterocycles. The van der Waals surface area contributed by atoms with Gasteiger partial charge in [0.2, 0.25) is 5.91 Å². The van der Waals surface area contributed by atoms with E-state index in [1.807, 2.05) is 18.2 Å². The Morgan fingerprint density at radius 1 is 0.913 bits per heavy atom. The van der Waals surface area contributed by atoms with Gasteiger partial charge in [-0.2, -0.15) is 0 Å². The number of primary amides is 1. The van der Waals surface area contributed by atoms with E-state index in [9.17, 15) is 4.79 Å². The Bertz CT molecular complexity index is 587. The minimum absolute atomic E-state index is 0. The molecule has 0 spiro atoms. The summed E-state index contributed by atoms with van der Waals surface area (Å²) in [5.74, 6) is -0.394. The maximum absolute atomic E-state index is 11.1. The minimum Gasteiger partial charge on any atom is -0.366 e. The lowest BCUT2D eigenvalue weighted by atomic mass is 10.1. The van der Waals surface area contributed by atoms with Crippen molar-refractivity contribution in [1.82, 2.24) is 4.90 Å². The molecule has 2 rings (SSSR count). The van der Waals surface area contributed by atoms with Gasteiger partial charge in [0.15, 0.2) is 0 Å². The summed E-state index contributed by atoms with van der Waals surface area (Å²) >= 11 is 0. The van der Waals surface area contributed by atoms with Crippen molar-refractivity contribution in [3.8, 4) is 0 Å². The van der Waals surface area contributed by atoms with Gasteiger partial charge in [0.05, 0.1) is 0 Å². The van der Waals surface area contributed by atoms with E-state index in [2.05, 4.69) is 29.2 Å². The summed E-state index contributed by atoms with van der Waals surface area (Å²) < 4.78 is 0. The summed E-state index contributed by atoms with van der Waals surface area (Å²) in [6.45, 7) is 3.26. The van der Waals surface area contributed by atoms with Gasteiger partial charge in [0, 0.05) is 31.7 Å². The molecule has 0 heterocycles. The first-order valence-corrected chi connectivity index (χ1v) is 7.54. The molecule has 0 radical (unpaired) electrons. The molecule has 0 atom stereocenters. The van der Waals surface area contributed by atoms with Gasteiger partial charge in [0.25, 0.3) is 0 Å². The van der Waals surface area contributed by atoms with Crippen LogP contribution in [0.5, 0.6) is 0 Å². The molecular weight excluding hydrogens is 310 g/mol. The van der Waals surface area contributed by atoms with Gasteiger partial charge in [-0.3, -0.25) is 9.69 Å². The number of carbonyl (C=O) groups excluding carboxylic acids is 1. The average Bonchev–Trinajstić information content (AvgIpc) is 2.54. The molecule has 0 bridgehead atoms. The van der Waals surface area contributed by atoms with Crippen LogP contribution in [0.1, 0.15) is 21.5 Å². The predicted octanol–water partition coefficient (Wildman–Crippen LogP) is 2.21. The van der Waals surface area contributed by atoms with Gasteiger partial charge in [-0.05, 0) is 29.7 Å². The lowest BCUT2D eigenvalue weighted by Gasteiger charge is -2.21. The third-order valence-corrected chi connectivity index (χ3v) is 3.65. The highest BCUT2D eigenvalue weighted by Crippen LogP contribution is 2.09. The van der Waals surface area contributed by atoms with Crippen LogP contribution in [-0.2, 0) is 13.0 Å². The van der Waals surface area contributed by atoms with Gasteiger partial charge < -0.3 is 11.5 Å². The highest BCUT2D eigenvalue weighted by molar-refractivity contribution is 5.92. The zero-order valence-corrected chi connectivity index (χ0v) is 14.0. The summed E-state index contributed by atoms with van der Waals surface area (Å²) in [6, 6.07) is 17.9. The molecular formula is C18H24ClN3O. The first kappa shape index (κ1) is 19.2. The molecule has 1 amide bonds. The van der Waals surface area contributed by atoms with Crippen molar-refractivity contribution in [2.24, 2.45) is 11.5 Å². The number of amides is 1. The largest absolute Gasteiger partial charge is 0.366 e. The molecule has 2 aromatic rings. The summed E-state index contributed by atoms with van der Waals surface area (Å²) in [5, 5.41) is 0. The van der Waals surface area contributed by atoms with Crippen LogP contribution in [0, 0.1) is 0 Å². The van der Waals surface area contributed by atoms with E-state index in [0.717, 1.165) is 31.6 Å². The second-order valence-corrected chi connectivity index (χ2v) is 5.36. The minimum atomic E-state index is -0.394. The van der Waals surface area contributed by atoms with Crippen LogP contribution in [0.4, 0.5) is 0 Å². The fourth-order valence-corrected chi connectivity index (χ4v) is 2.42. The Morgan fingerprint density at radius 2 is 1.57 bits per heavy atom. The summed E-state index contributed by atoms with van der Waals surface area (Å²) in [4.78, 5) is 13.4. The molecule has 0 aliphatic rings. The quantitative estimate of drug-likeness (QED) is 0.778. The van der Waals surface area contributed by atoms with Crippen LogP contribution in [0.15, 0.2) is 54.6 Å². The van der Waals surface area contributed by atoms with Gasteiger partial charge in [0.1, 0.15) is 0 Å². The number of hydrogen-bond acceptors (Lipinski definition) is 3. The van der Waals surface area contributed by atoms with Gasteiger partial charge in [-0.1, -0.05) is 42.5 Å². The number of carbonyl (C=O) groups is 1. The van der Waals surface area contributed by atoms with Crippen molar-refractivity contribution >= 4 is 18.3 Å². The van der Waals surface area contributed by atoms with Crippen LogP contribution in [0.3, 0.4) is 0 Å². The number of halogens is 1. The molecule has 2 aromatic carbocycles. The first-order valence-electron chi connectivity index (χ1n) is 7.54. The molecule has 0 aromatic heterocycles. The van der Waals surface area contributed by atoms with Crippen molar-refractivity contribution < 1.29 is 4.79 Å². The average molecular weight is 334 g/mol. The maximum atomic E-state index is 11.1. The highest BCUT2D eigenvalue weighted by atomic mass is 35.5. The number of rotatable bonds is 8. The Balaban J connectivity index is 0.00000264. The van der Waals surface area contributed by atoms with E-state index in [1.165, 1.54) is 5.56 Å². The number of nitrogens with two attached hydrogens (primary N) is 2. The van der Waals surface area contributed by atoms with Gasteiger partial charge in [-0.25, -0.2) is 0 Å². The second-order valence-electron chi connectivity index (χ2n) is 5.36. The molecule has 0 fully saturated rings. The smallest absolute Gasteiger partial charge is 0.248 e. The molecule has 0 saturated carbocycles. The first-order chi connectivity index (χ1) is 10.7. The van der Waals surface area contributed by atoms with Crippen molar-refractivity contribution in [3.63, 3.8) is 0 Å². The van der Waals surface area contributed by atoms with E-state index < -0.39 is 5.91 Å². The Kier molecular flexibility index (Phi) is 8.33. The lowest BCUT2D eigenvalue weighted by molar-refractivity contribution is 0.100. The number of hydrogen-bond donors (Lipinski definition) is 2. The van der Waals surface area contributed by atoms with E-state index in [-0.39, 0.29) is 12.4 Å². The van der Waals surface area contributed by atoms with Crippen LogP contribution in [0.2, 0.25) is 0 Å². The fourth-order valence-electron chi connectivity index (χ4n) is 2.42. The Morgan fingerprint density at radius 3 is 2.13 bits per heavy atom. The van der Waals surface area contributed by atoms with Gasteiger partial charge >= 0.3 is 0 Å². The van der Waals surface area contributed by atoms with Crippen LogP contribution < -0.4 is 11.5 Å². The predicted molar refractivity (Wildman–Crippen MR) is 96.7 cm³/mol. The molecule has 23 heavy (non-hydrogen) atoms. The summed E-state index contributed by atoms with van der Waals surface area (Å²) in [5.41, 5.74) is 14.0. The Labute approximate surface area is 143 Å². The zero-order valence-electron chi connectivity index (χ0n) is 13.2. The Hall–Kier alpha value is -1.88. The van der Waals surface area contributed by atoms with E-state index in [0.29, 0.717) is 12.1 Å². The van der Waals surface area contributed by atoms with Crippen LogP contribution in [0.25, 0.3) is 0 Å². The molecule has 0 aliphatic carbocycles. The van der Waals surface area contributed by atoms with Crippen molar-refractivity contribution in [1.29, 1.82) is 0 Å². The normalized spacial score (nSPS) is 10.3. The highest BCUT2D eigenvalue weighted by Gasteiger charge is 2.07. The fraction of sp³-hybridized carbons (Fsp3) is 0.278. The van der Waals surface area contributed by atoms with Crippen molar-refractivity contribution in [3.05, 3.63) is 71.3 Å². The molecule has 5 heteroatoms. The molecule has 4 N–H and O–H groups in total. The lowest BCUT2D eigenvalue weighted by Crippen LogP contribution is -2.31. The summed E-state index contributed by atoms with van der Waals surface area (Å²) in [7, 11) is 0. The molecule has 124 valence electrons. The van der Waals surface area contributed by atoms with Crippen molar-refractivity contribution in [2.45, 2.75) is 13.0 Å². The molecule has 0 unspecified atom stereocenters. The van der Waals surface area contributed by atoms with Crippen LogP contribution >= 0.6 is 12.4 Å². The van der Waals surface area contributed by atoms with E-state index >= 15 is 0 Å². The van der Waals surface area contributed by atoms with E-state index in [4.69, 9.17) is 11.5 Å². The SMILES string of the molecule is Cl.NCCN(CCc1ccccc1)Cc1ccc(C(N)=O)cc1. The number of benzene rings is 2. The van der Waals surface area contributed by atoms with Gasteiger partial charge in [-0.15, -0.1) is 12.4 Å². The van der Waals surface area contributed by atoms with E-state index in [1.54, 1.807) is 12.1 Å². The van der Waals surface area contributed by atoms with Crippen LogP contribution in [-0.4, -0.2) is 30.4 Å².